The van der Waals surface area contributed by atoms with Gasteiger partial charge in [0.1, 0.15) is 16.7 Å². The number of nitrogens with one attached hydrogen (secondary N) is 3. The summed E-state index contributed by atoms with van der Waals surface area (Å²) in [5.41, 5.74) is 3.47. The van der Waals surface area contributed by atoms with E-state index in [0.29, 0.717) is 54.9 Å². The maximum atomic E-state index is 13.8. The molecule has 0 aliphatic rings. The zero-order valence-corrected chi connectivity index (χ0v) is 33.3. The predicted molar refractivity (Wildman–Crippen MR) is 224 cm³/mol. The fourth-order valence-electron chi connectivity index (χ4n) is 5.41. The summed E-state index contributed by atoms with van der Waals surface area (Å²) < 4.78 is 16.4. The normalized spacial score (nSPS) is 11.6. The highest BCUT2D eigenvalue weighted by Crippen LogP contribution is 2.38. The molecule has 284 valence electrons. The summed E-state index contributed by atoms with van der Waals surface area (Å²) in [6.07, 6.45) is 1.50. The average Bonchev–Trinajstić information content (AvgIpc) is 3.69. The average molecular weight is 826 g/mol. The summed E-state index contributed by atoms with van der Waals surface area (Å²) in [7, 11) is 4.49. The molecule has 5 aromatic carbocycles. The summed E-state index contributed by atoms with van der Waals surface area (Å²) >= 11 is 14.9. The Morgan fingerprint density at radius 3 is 2.07 bits per heavy atom. The SMILES string of the molecule is COc1cc(OC)c(OC)cc1/C=C(\NC(=O)c1ccccc1)C(=O)Nc1ccc(SC(C(=O)Nc2nc(-c3ccc(Cl)c(Cl)c3)cs2)c2ccccc2)cc1. The summed E-state index contributed by atoms with van der Waals surface area (Å²) in [6.45, 7) is 0. The number of anilines is 2. The first-order valence-corrected chi connectivity index (χ1v) is 19.4. The van der Waals surface area contributed by atoms with Crippen molar-refractivity contribution < 1.29 is 28.6 Å². The zero-order valence-electron chi connectivity index (χ0n) is 30.2. The van der Waals surface area contributed by atoms with E-state index in [0.717, 1.165) is 16.0 Å². The first-order valence-electron chi connectivity index (χ1n) is 16.9. The Morgan fingerprint density at radius 1 is 0.750 bits per heavy atom. The molecule has 1 unspecified atom stereocenters. The van der Waals surface area contributed by atoms with Crippen LogP contribution >= 0.6 is 46.3 Å². The van der Waals surface area contributed by atoms with E-state index < -0.39 is 17.1 Å². The van der Waals surface area contributed by atoms with Crippen molar-refractivity contribution in [2.45, 2.75) is 10.1 Å². The number of ether oxygens (including phenoxy) is 3. The second-order valence-electron chi connectivity index (χ2n) is 11.9. The third-order valence-corrected chi connectivity index (χ3v) is 11.0. The molecule has 1 heterocycles. The molecule has 0 spiro atoms. The number of aromatic nitrogens is 1. The largest absolute Gasteiger partial charge is 0.496 e. The Kier molecular flexibility index (Phi) is 13.3. The van der Waals surface area contributed by atoms with Crippen molar-refractivity contribution in [2.24, 2.45) is 0 Å². The van der Waals surface area contributed by atoms with Gasteiger partial charge in [0.2, 0.25) is 5.91 Å². The van der Waals surface area contributed by atoms with Crippen LogP contribution in [-0.2, 0) is 9.59 Å². The lowest BCUT2D eigenvalue weighted by molar-refractivity contribution is -0.116. The van der Waals surface area contributed by atoms with Crippen LogP contribution in [0.4, 0.5) is 10.8 Å². The molecule has 0 radical (unpaired) electrons. The number of halogens is 2. The first-order chi connectivity index (χ1) is 27.1. The lowest BCUT2D eigenvalue weighted by Gasteiger charge is -2.17. The molecular weight excluding hydrogens is 792 g/mol. The number of thiazole rings is 1. The molecule has 3 amide bonds. The quantitative estimate of drug-likeness (QED) is 0.0732. The molecular formula is C42H34Cl2N4O6S2. The van der Waals surface area contributed by atoms with Crippen LogP contribution in [0.2, 0.25) is 10.0 Å². The molecule has 10 nitrogen and oxygen atoms in total. The van der Waals surface area contributed by atoms with Crippen LogP contribution in [0.1, 0.15) is 26.7 Å². The van der Waals surface area contributed by atoms with E-state index in [2.05, 4.69) is 20.9 Å². The third-order valence-electron chi connectivity index (χ3n) is 8.22. The summed E-state index contributed by atoms with van der Waals surface area (Å²) in [4.78, 5) is 46.2. The lowest BCUT2D eigenvalue weighted by Crippen LogP contribution is -2.30. The van der Waals surface area contributed by atoms with E-state index in [4.69, 9.17) is 37.4 Å². The summed E-state index contributed by atoms with van der Waals surface area (Å²) in [6, 6.07) is 33.5. The van der Waals surface area contributed by atoms with Gasteiger partial charge in [0.15, 0.2) is 16.6 Å². The van der Waals surface area contributed by atoms with Gasteiger partial charge in [-0.2, -0.15) is 0 Å². The Labute approximate surface area is 341 Å². The van der Waals surface area contributed by atoms with Crippen molar-refractivity contribution in [3.8, 4) is 28.5 Å². The minimum Gasteiger partial charge on any atom is -0.496 e. The molecule has 0 aliphatic carbocycles. The van der Waals surface area contributed by atoms with Gasteiger partial charge < -0.3 is 30.2 Å². The van der Waals surface area contributed by atoms with Gasteiger partial charge in [0.25, 0.3) is 11.8 Å². The Hall–Kier alpha value is -5.79. The smallest absolute Gasteiger partial charge is 0.272 e. The van der Waals surface area contributed by atoms with Crippen LogP contribution in [0, 0.1) is 0 Å². The molecule has 0 aliphatic heterocycles. The number of carbonyl (C=O) groups excluding carboxylic acids is 3. The van der Waals surface area contributed by atoms with Crippen LogP contribution in [0.5, 0.6) is 17.2 Å². The molecule has 0 saturated heterocycles. The van der Waals surface area contributed by atoms with E-state index >= 15 is 0 Å². The topological polar surface area (TPSA) is 128 Å². The zero-order chi connectivity index (χ0) is 39.6. The molecule has 1 atom stereocenters. The molecule has 14 heteroatoms. The van der Waals surface area contributed by atoms with Gasteiger partial charge in [-0.05, 0) is 66.2 Å². The van der Waals surface area contributed by atoms with E-state index in [-0.39, 0.29) is 11.6 Å². The number of thioether (sulfide) groups is 1. The highest BCUT2D eigenvalue weighted by atomic mass is 35.5. The molecule has 6 aromatic rings. The van der Waals surface area contributed by atoms with Gasteiger partial charge in [-0.3, -0.25) is 14.4 Å². The fourth-order valence-corrected chi connectivity index (χ4v) is 7.45. The van der Waals surface area contributed by atoms with Crippen LogP contribution in [-0.4, -0.2) is 44.0 Å². The molecule has 0 bridgehead atoms. The second-order valence-corrected chi connectivity index (χ2v) is 14.7. The standard InChI is InChI=1S/C42H34Cl2N4O6S2/c1-52-35-23-37(54-3)36(53-2)22-28(35)21-33(46-39(49)26-12-8-5-9-13-26)40(50)45-29-15-17-30(18-16-29)56-38(25-10-6-4-7-11-25)41(51)48-42-47-34(24-55-42)27-14-19-31(43)32(44)20-27/h4-24,38H,1-3H3,(H,45,50)(H,46,49)(H,47,48,51)/b33-21-. The van der Waals surface area contributed by atoms with Gasteiger partial charge >= 0.3 is 0 Å². The van der Waals surface area contributed by atoms with Gasteiger partial charge in [0, 0.05) is 38.7 Å². The van der Waals surface area contributed by atoms with Crippen molar-refractivity contribution in [1.29, 1.82) is 0 Å². The monoisotopic (exact) mass is 824 g/mol. The summed E-state index contributed by atoms with van der Waals surface area (Å²) in [5, 5.41) is 11.1. The highest BCUT2D eigenvalue weighted by molar-refractivity contribution is 8.00. The van der Waals surface area contributed by atoms with E-state index in [1.807, 2.05) is 41.8 Å². The van der Waals surface area contributed by atoms with Crippen molar-refractivity contribution in [3.05, 3.63) is 153 Å². The minimum atomic E-state index is -0.631. The maximum absolute atomic E-state index is 13.8. The maximum Gasteiger partial charge on any atom is 0.272 e. The van der Waals surface area contributed by atoms with Crippen molar-refractivity contribution in [1.82, 2.24) is 10.3 Å². The molecule has 1 aromatic heterocycles. The van der Waals surface area contributed by atoms with Crippen LogP contribution in [0.15, 0.2) is 131 Å². The number of carbonyl (C=O) groups is 3. The molecule has 6 rings (SSSR count). The Bertz CT molecular complexity index is 2380. The van der Waals surface area contributed by atoms with Crippen molar-refractivity contribution >= 4 is 80.9 Å². The molecule has 56 heavy (non-hydrogen) atoms. The van der Waals surface area contributed by atoms with E-state index in [1.165, 1.54) is 50.5 Å². The fraction of sp³-hybridized carbons (Fsp3) is 0.0952. The van der Waals surface area contributed by atoms with E-state index in [9.17, 15) is 14.4 Å². The number of nitrogens with zero attached hydrogens (tertiary/aromatic N) is 1. The van der Waals surface area contributed by atoms with Gasteiger partial charge in [-0.15, -0.1) is 23.1 Å². The Morgan fingerprint density at radius 2 is 1.41 bits per heavy atom. The van der Waals surface area contributed by atoms with Crippen molar-refractivity contribution in [3.63, 3.8) is 0 Å². The van der Waals surface area contributed by atoms with Gasteiger partial charge in [-0.25, -0.2) is 4.98 Å². The van der Waals surface area contributed by atoms with Crippen molar-refractivity contribution in [2.75, 3.05) is 32.0 Å². The van der Waals surface area contributed by atoms with Gasteiger partial charge in [0.05, 0.1) is 37.1 Å². The number of benzene rings is 5. The summed E-state index contributed by atoms with van der Waals surface area (Å²) in [5.74, 6) is -0.0966. The lowest BCUT2D eigenvalue weighted by atomic mass is 10.1. The molecule has 0 saturated carbocycles. The van der Waals surface area contributed by atoms with Gasteiger partial charge in [-0.1, -0.05) is 77.8 Å². The first kappa shape index (κ1) is 39.9. The van der Waals surface area contributed by atoms with E-state index in [1.54, 1.807) is 78.9 Å². The number of hydrogen-bond acceptors (Lipinski definition) is 9. The predicted octanol–water partition coefficient (Wildman–Crippen LogP) is 10.0. The molecule has 0 fully saturated rings. The minimum absolute atomic E-state index is 0.0480. The number of rotatable bonds is 14. The third kappa shape index (κ3) is 9.89. The van der Waals surface area contributed by atoms with Crippen LogP contribution in [0.3, 0.4) is 0 Å². The number of hydrogen-bond donors (Lipinski definition) is 3. The number of amides is 3. The van der Waals surface area contributed by atoms with Crippen LogP contribution < -0.4 is 30.2 Å². The Balaban J connectivity index is 1.21. The number of methoxy groups -OCH3 is 3. The highest BCUT2D eigenvalue weighted by Gasteiger charge is 2.24. The molecule has 3 N–H and O–H groups in total. The van der Waals surface area contributed by atoms with Crippen LogP contribution in [0.25, 0.3) is 17.3 Å². The second kappa shape index (κ2) is 18.7.